The van der Waals surface area contributed by atoms with Crippen LogP contribution >= 0.6 is 0 Å². The van der Waals surface area contributed by atoms with E-state index in [1.165, 1.54) is 24.2 Å². The van der Waals surface area contributed by atoms with Gasteiger partial charge in [0.05, 0.1) is 0 Å². The predicted molar refractivity (Wildman–Crippen MR) is 89.1 cm³/mol. The van der Waals surface area contributed by atoms with Gasteiger partial charge in [-0.1, -0.05) is 45.9 Å². The second-order valence-electron chi connectivity index (χ2n) is 6.72. The molecule has 1 aliphatic rings. The van der Waals surface area contributed by atoms with Crippen molar-refractivity contribution in [2.45, 2.75) is 51.9 Å². The fraction of sp³-hybridized carbons (Fsp3) is 0.556. The molecular formula is C18H26O2S. The normalized spacial score (nSPS) is 24.1. The van der Waals surface area contributed by atoms with E-state index in [-0.39, 0.29) is 0 Å². The molecule has 1 aromatic rings. The number of rotatable bonds is 1. The summed E-state index contributed by atoms with van der Waals surface area (Å²) in [6.45, 7) is 9.06. The van der Waals surface area contributed by atoms with Crippen LogP contribution in [0.4, 0.5) is 0 Å². The Bertz CT molecular complexity index is 460. The van der Waals surface area contributed by atoms with Crippen LogP contribution in [0.1, 0.15) is 47.0 Å². The Balaban J connectivity index is 0.000000677. The summed E-state index contributed by atoms with van der Waals surface area (Å²) in [7, 11) is 0. The Labute approximate surface area is 132 Å². The Kier molecular flexibility index (Phi) is 7.03. The lowest BCUT2D eigenvalue weighted by atomic mass is 9.70. The van der Waals surface area contributed by atoms with E-state index in [0.717, 1.165) is 11.8 Å². The van der Waals surface area contributed by atoms with Gasteiger partial charge in [-0.2, -0.15) is 0 Å². The summed E-state index contributed by atoms with van der Waals surface area (Å²) in [5.41, 5.74) is 0.447. The van der Waals surface area contributed by atoms with Crippen LogP contribution in [0.15, 0.2) is 35.2 Å². The van der Waals surface area contributed by atoms with Gasteiger partial charge in [-0.05, 0) is 24.2 Å². The van der Waals surface area contributed by atoms with Gasteiger partial charge in [0.25, 0.3) is 0 Å². The van der Waals surface area contributed by atoms with Crippen molar-refractivity contribution in [2.24, 2.45) is 17.3 Å². The summed E-state index contributed by atoms with van der Waals surface area (Å²) < 4.78 is 0. The molecule has 1 fully saturated rings. The first-order valence-electron chi connectivity index (χ1n) is 7.52. The van der Waals surface area contributed by atoms with Gasteiger partial charge in [0.15, 0.2) is 4.86 Å². The topological polar surface area (TPSA) is 40.1 Å². The van der Waals surface area contributed by atoms with Gasteiger partial charge in [0.1, 0.15) is 0 Å². The van der Waals surface area contributed by atoms with Crippen LogP contribution in [0.3, 0.4) is 0 Å². The molecule has 2 rings (SSSR count). The maximum Gasteiger partial charge on any atom is 0.230 e. The van der Waals surface area contributed by atoms with Crippen molar-refractivity contribution >= 4 is 22.7 Å². The summed E-state index contributed by atoms with van der Waals surface area (Å²) in [5, 5.41) is 8.25. The van der Waals surface area contributed by atoms with Gasteiger partial charge >= 0.3 is 0 Å². The molecule has 2 nitrogen and oxygen atoms in total. The van der Waals surface area contributed by atoms with E-state index >= 15 is 0 Å². The molecule has 0 radical (unpaired) electrons. The quantitative estimate of drug-likeness (QED) is 0.454. The third-order valence-corrected chi connectivity index (χ3v) is 5.50. The van der Waals surface area contributed by atoms with Crippen molar-refractivity contribution in [3.63, 3.8) is 0 Å². The van der Waals surface area contributed by atoms with Crippen LogP contribution in [0, 0.1) is 17.3 Å². The number of hydrogen-bond donors (Lipinski definition) is 0. The molecule has 0 heterocycles. The van der Waals surface area contributed by atoms with E-state index in [9.17, 15) is 0 Å². The molecule has 0 unspecified atom stereocenters. The molecular weight excluding hydrogens is 280 g/mol. The van der Waals surface area contributed by atoms with Crippen molar-refractivity contribution < 1.29 is 9.90 Å². The van der Waals surface area contributed by atoms with Gasteiger partial charge in [0, 0.05) is 30.9 Å². The Morgan fingerprint density at radius 1 is 1.19 bits per heavy atom. The third kappa shape index (κ3) is 5.96. The molecule has 21 heavy (non-hydrogen) atoms. The van der Waals surface area contributed by atoms with Crippen LogP contribution in [-0.2, 0) is 16.1 Å². The first-order valence-corrected chi connectivity index (χ1v) is 8.34. The molecule has 1 saturated carbocycles. The lowest BCUT2D eigenvalue weighted by molar-refractivity contribution is -0.283. The minimum Gasteiger partial charge on any atom is -0.554 e. The van der Waals surface area contributed by atoms with Crippen LogP contribution in [0.5, 0.6) is 0 Å². The lowest BCUT2D eigenvalue weighted by Gasteiger charge is -2.34. The second-order valence-corrected chi connectivity index (χ2v) is 7.92. The fourth-order valence-corrected chi connectivity index (χ4v) is 3.88. The molecule has 0 amide bonds. The molecule has 0 aromatic heterocycles. The number of benzene rings is 1. The highest BCUT2D eigenvalue weighted by Gasteiger charge is 2.35. The minimum atomic E-state index is -0.500. The molecule has 0 bridgehead atoms. The highest BCUT2D eigenvalue weighted by molar-refractivity contribution is 7.78. The average Bonchev–Trinajstić information content (AvgIpc) is 2.42. The number of hydrogen-bond acceptors (Lipinski definition) is 2. The standard InChI is InChI=1S/C17H25S.CH2O2/c1-13-10-11-14(17(2,3)4)12-16(13)18-15-8-6-5-7-9-15;2-1-3/h5-9,13-14H,10-12H2,1-4H3;1H,(H,2,3)/q+1;/p-1/t13-,14-;/m0./s1. The summed E-state index contributed by atoms with van der Waals surface area (Å²) in [6.07, 6.45) is 4.05. The average molecular weight is 306 g/mol. The zero-order valence-corrected chi connectivity index (χ0v) is 14.3. The summed E-state index contributed by atoms with van der Waals surface area (Å²) in [6, 6.07) is 10.8. The number of carboxylic acid groups (broad SMARTS) is 1. The van der Waals surface area contributed by atoms with Crippen molar-refractivity contribution in [3.05, 3.63) is 30.3 Å². The van der Waals surface area contributed by atoms with Gasteiger partial charge in [-0.15, -0.1) is 0 Å². The van der Waals surface area contributed by atoms with Gasteiger partial charge in [0.2, 0.25) is 16.2 Å². The van der Waals surface area contributed by atoms with Crippen molar-refractivity contribution in [1.82, 2.24) is 0 Å². The van der Waals surface area contributed by atoms with E-state index < -0.39 is 6.47 Å². The minimum absolute atomic E-state index is 0.447. The maximum atomic E-state index is 8.25. The molecule has 0 saturated heterocycles. The van der Waals surface area contributed by atoms with Crippen molar-refractivity contribution in [2.75, 3.05) is 0 Å². The summed E-state index contributed by atoms with van der Waals surface area (Å²) >= 11 is 2.01. The molecule has 2 atom stereocenters. The Morgan fingerprint density at radius 3 is 2.29 bits per heavy atom. The SMILES string of the molecule is C[C@H]1CC[C@H](C(C)(C)C)CC1=[S+]c1ccccc1.O=C[O-]. The highest BCUT2D eigenvalue weighted by atomic mass is 32.1. The van der Waals surface area contributed by atoms with E-state index in [1.54, 1.807) is 4.86 Å². The largest absolute Gasteiger partial charge is 0.554 e. The Morgan fingerprint density at radius 2 is 1.76 bits per heavy atom. The van der Waals surface area contributed by atoms with Gasteiger partial charge in [-0.3, -0.25) is 0 Å². The van der Waals surface area contributed by atoms with Crippen LogP contribution < -0.4 is 5.11 Å². The highest BCUT2D eigenvalue weighted by Crippen LogP contribution is 2.38. The zero-order valence-electron chi connectivity index (χ0n) is 13.5. The second kappa shape index (κ2) is 8.28. The number of carbonyl (C=O) groups excluding carboxylic acids is 1. The Hall–Kier alpha value is -1.22. The van der Waals surface area contributed by atoms with E-state index in [4.69, 9.17) is 9.90 Å². The molecule has 116 valence electrons. The first-order chi connectivity index (χ1) is 9.88. The fourth-order valence-electron chi connectivity index (χ4n) is 2.68. The lowest BCUT2D eigenvalue weighted by Crippen LogP contribution is -2.31. The van der Waals surface area contributed by atoms with E-state index in [0.29, 0.717) is 5.41 Å². The molecule has 1 aliphatic carbocycles. The van der Waals surface area contributed by atoms with Gasteiger partial charge < -0.3 is 9.90 Å². The van der Waals surface area contributed by atoms with Crippen molar-refractivity contribution in [1.29, 1.82) is 0 Å². The number of carbonyl (C=O) groups is 1. The van der Waals surface area contributed by atoms with Gasteiger partial charge in [-0.25, -0.2) is 0 Å². The molecule has 0 spiro atoms. The molecule has 3 heteroatoms. The van der Waals surface area contributed by atoms with Crippen LogP contribution in [0.2, 0.25) is 0 Å². The van der Waals surface area contributed by atoms with E-state index in [1.807, 2.05) is 11.4 Å². The third-order valence-electron chi connectivity index (χ3n) is 4.16. The monoisotopic (exact) mass is 306 g/mol. The van der Waals surface area contributed by atoms with Crippen LogP contribution in [-0.4, -0.2) is 11.3 Å². The zero-order chi connectivity index (χ0) is 15.9. The summed E-state index contributed by atoms with van der Waals surface area (Å²) in [4.78, 5) is 11.3. The van der Waals surface area contributed by atoms with E-state index in [2.05, 4.69) is 58.0 Å². The molecule has 0 aliphatic heterocycles. The molecule has 0 N–H and O–H groups in total. The smallest absolute Gasteiger partial charge is 0.230 e. The molecule has 1 aromatic carbocycles. The predicted octanol–water partition coefficient (Wildman–Crippen LogP) is 3.15. The summed E-state index contributed by atoms with van der Waals surface area (Å²) in [5.74, 6) is 1.62. The van der Waals surface area contributed by atoms with Crippen LogP contribution in [0.25, 0.3) is 0 Å². The van der Waals surface area contributed by atoms with Crippen molar-refractivity contribution in [3.8, 4) is 0 Å². The maximum absolute atomic E-state index is 8.25. The first kappa shape index (κ1) is 17.8.